The lowest BCUT2D eigenvalue weighted by Gasteiger charge is -2.25. The van der Waals surface area contributed by atoms with Crippen LogP contribution in [0.2, 0.25) is 0 Å². The highest BCUT2D eigenvalue weighted by molar-refractivity contribution is 5.95. The van der Waals surface area contributed by atoms with Crippen molar-refractivity contribution in [1.29, 1.82) is 0 Å². The van der Waals surface area contributed by atoms with E-state index in [4.69, 9.17) is 5.73 Å². The van der Waals surface area contributed by atoms with Crippen LogP contribution in [0.25, 0.3) is 0 Å². The van der Waals surface area contributed by atoms with Gasteiger partial charge < -0.3 is 42.1 Å². The van der Waals surface area contributed by atoms with Gasteiger partial charge in [-0.25, -0.2) is 4.79 Å². The predicted molar refractivity (Wildman–Crippen MR) is 137 cm³/mol. The molecule has 0 fully saturated rings. The number of amides is 3. The van der Waals surface area contributed by atoms with E-state index in [0.717, 1.165) is 0 Å². The second-order valence-corrected chi connectivity index (χ2v) is 8.95. The summed E-state index contributed by atoms with van der Waals surface area (Å²) < 4.78 is 0. The summed E-state index contributed by atoms with van der Waals surface area (Å²) in [5, 5.41) is 45.0. The van der Waals surface area contributed by atoms with E-state index in [2.05, 4.69) is 16.0 Å². The fourth-order valence-corrected chi connectivity index (χ4v) is 3.54. The third kappa shape index (κ3) is 10.1. The molecule has 2 rings (SSSR count). The summed E-state index contributed by atoms with van der Waals surface area (Å²) in [5.41, 5.74) is 6.76. The van der Waals surface area contributed by atoms with Gasteiger partial charge in [-0.15, -0.1) is 0 Å². The number of phenols is 1. The Kier molecular flexibility index (Phi) is 11.4. The lowest BCUT2D eigenvalue weighted by molar-refractivity contribution is -0.143. The molecule has 2 aromatic rings. The quantitative estimate of drug-likeness (QED) is 0.143. The monoisotopic (exact) mass is 544 g/mol. The van der Waals surface area contributed by atoms with Gasteiger partial charge in [0.15, 0.2) is 0 Å². The Hall–Kier alpha value is -4.49. The number of aliphatic hydroxyl groups excluding tert-OH is 1. The molecule has 0 radical (unpaired) electrons. The summed E-state index contributed by atoms with van der Waals surface area (Å²) in [6, 6.07) is 8.27. The van der Waals surface area contributed by atoms with Gasteiger partial charge in [0.05, 0.1) is 12.5 Å². The number of hydrogen-bond acceptors (Lipinski definition) is 8. The Morgan fingerprint density at radius 1 is 0.744 bits per heavy atom. The number of carbonyl (C=O) groups is 5. The standard InChI is InChI=1S/C26H32N4O9/c1-14(31)22(27)25(37)29-18(11-16-7-9-17(32)10-8-16)23(35)28-19(13-21(33)34)24(36)30-20(26(38)39)12-15-5-3-2-4-6-15/h2-10,14,18-20,22,31-32H,11-13,27H2,1H3,(H,28,35)(H,29,37)(H,30,36)(H,33,34)(H,38,39). The van der Waals surface area contributed by atoms with Crippen LogP contribution in [0.4, 0.5) is 0 Å². The van der Waals surface area contributed by atoms with Crippen molar-refractivity contribution in [1.82, 2.24) is 16.0 Å². The molecule has 0 bridgehead atoms. The summed E-state index contributed by atoms with van der Waals surface area (Å²) >= 11 is 0. The van der Waals surface area contributed by atoms with Gasteiger partial charge >= 0.3 is 11.9 Å². The molecule has 9 N–H and O–H groups in total. The lowest BCUT2D eigenvalue weighted by atomic mass is 10.0. The lowest BCUT2D eigenvalue weighted by Crippen LogP contribution is -2.59. The summed E-state index contributed by atoms with van der Waals surface area (Å²) in [5.74, 6) is -5.73. The fourth-order valence-electron chi connectivity index (χ4n) is 3.54. The molecule has 5 unspecified atom stereocenters. The second kappa shape index (κ2) is 14.4. The van der Waals surface area contributed by atoms with Gasteiger partial charge in [0.25, 0.3) is 0 Å². The second-order valence-electron chi connectivity index (χ2n) is 8.95. The van der Waals surface area contributed by atoms with Crippen molar-refractivity contribution in [2.24, 2.45) is 5.73 Å². The van der Waals surface area contributed by atoms with Crippen molar-refractivity contribution in [2.75, 3.05) is 0 Å². The van der Waals surface area contributed by atoms with Gasteiger partial charge in [-0.3, -0.25) is 19.2 Å². The molecule has 0 aliphatic carbocycles. The molecule has 0 aromatic heterocycles. The maximum absolute atomic E-state index is 13.2. The molecule has 3 amide bonds. The minimum atomic E-state index is -1.68. The summed E-state index contributed by atoms with van der Waals surface area (Å²) in [6.45, 7) is 1.28. The SMILES string of the molecule is CC(O)C(N)C(=O)NC(Cc1ccc(O)cc1)C(=O)NC(CC(=O)O)C(=O)NC(Cc1ccccc1)C(=O)O. The van der Waals surface area contributed by atoms with Crippen molar-refractivity contribution in [3.8, 4) is 5.75 Å². The van der Waals surface area contributed by atoms with Crippen molar-refractivity contribution in [3.63, 3.8) is 0 Å². The van der Waals surface area contributed by atoms with E-state index >= 15 is 0 Å². The number of rotatable bonds is 14. The highest BCUT2D eigenvalue weighted by Crippen LogP contribution is 2.12. The molecular weight excluding hydrogens is 512 g/mol. The number of aliphatic hydroxyl groups is 1. The number of aliphatic carboxylic acids is 2. The first-order chi connectivity index (χ1) is 18.4. The minimum Gasteiger partial charge on any atom is -0.508 e. The zero-order valence-corrected chi connectivity index (χ0v) is 21.1. The van der Waals surface area contributed by atoms with E-state index in [9.17, 15) is 44.4 Å². The number of hydrogen-bond donors (Lipinski definition) is 8. The number of nitrogens with two attached hydrogens (primary N) is 1. The van der Waals surface area contributed by atoms with Gasteiger partial charge in [-0.05, 0) is 30.2 Å². The van der Waals surface area contributed by atoms with Gasteiger partial charge in [0.1, 0.15) is 29.9 Å². The molecule has 2 aromatic carbocycles. The van der Waals surface area contributed by atoms with E-state index in [1.807, 2.05) is 0 Å². The molecule has 0 saturated carbocycles. The van der Waals surface area contributed by atoms with E-state index < -0.39 is 66.4 Å². The minimum absolute atomic E-state index is 0.0402. The Morgan fingerprint density at radius 2 is 1.23 bits per heavy atom. The third-order valence-corrected chi connectivity index (χ3v) is 5.74. The summed E-state index contributed by atoms with van der Waals surface area (Å²) in [4.78, 5) is 61.8. The smallest absolute Gasteiger partial charge is 0.326 e. The largest absolute Gasteiger partial charge is 0.508 e. The van der Waals surface area contributed by atoms with Gasteiger partial charge in [0, 0.05) is 12.8 Å². The molecule has 0 spiro atoms. The molecule has 5 atom stereocenters. The summed E-state index contributed by atoms with van der Waals surface area (Å²) in [7, 11) is 0. The summed E-state index contributed by atoms with van der Waals surface area (Å²) in [6.07, 6.45) is -2.35. The van der Waals surface area contributed by atoms with E-state index in [1.54, 1.807) is 30.3 Å². The van der Waals surface area contributed by atoms with Crippen LogP contribution in [0.1, 0.15) is 24.5 Å². The molecule has 13 heteroatoms. The highest BCUT2D eigenvalue weighted by Gasteiger charge is 2.32. The van der Waals surface area contributed by atoms with E-state index in [0.29, 0.717) is 11.1 Å². The first kappa shape index (κ1) is 30.7. The van der Waals surface area contributed by atoms with Gasteiger partial charge in [0.2, 0.25) is 17.7 Å². The van der Waals surface area contributed by atoms with Crippen molar-refractivity contribution in [2.45, 2.75) is 56.5 Å². The van der Waals surface area contributed by atoms with Crippen LogP contribution in [-0.4, -0.2) is 80.4 Å². The zero-order valence-electron chi connectivity index (χ0n) is 21.1. The molecule has 0 saturated heterocycles. The Balaban J connectivity index is 2.24. The topological polar surface area (TPSA) is 228 Å². The number of nitrogens with one attached hydrogen (secondary N) is 3. The van der Waals surface area contributed by atoms with E-state index in [-0.39, 0.29) is 18.6 Å². The number of phenolic OH excluding ortho intramolecular Hbond substituents is 1. The average Bonchev–Trinajstić information content (AvgIpc) is 2.88. The number of carbonyl (C=O) groups excluding carboxylic acids is 3. The van der Waals surface area contributed by atoms with Crippen LogP contribution in [0, 0.1) is 0 Å². The highest BCUT2D eigenvalue weighted by atomic mass is 16.4. The van der Waals surface area contributed by atoms with Crippen molar-refractivity contribution in [3.05, 3.63) is 65.7 Å². The molecule has 0 heterocycles. The van der Waals surface area contributed by atoms with Crippen molar-refractivity contribution < 1.29 is 44.4 Å². The Labute approximate surface area is 224 Å². The normalized spacial score (nSPS) is 14.6. The predicted octanol–water partition coefficient (Wildman–Crippen LogP) is -1.10. The molecule has 13 nitrogen and oxygen atoms in total. The van der Waals surface area contributed by atoms with Crippen LogP contribution in [0.15, 0.2) is 54.6 Å². The van der Waals surface area contributed by atoms with Crippen LogP contribution < -0.4 is 21.7 Å². The Morgan fingerprint density at radius 3 is 1.77 bits per heavy atom. The average molecular weight is 545 g/mol. The molecular formula is C26H32N4O9. The molecule has 39 heavy (non-hydrogen) atoms. The van der Waals surface area contributed by atoms with Crippen molar-refractivity contribution >= 4 is 29.7 Å². The zero-order chi connectivity index (χ0) is 29.1. The maximum atomic E-state index is 13.2. The van der Waals surface area contributed by atoms with Crippen LogP contribution in [-0.2, 0) is 36.8 Å². The first-order valence-corrected chi connectivity index (χ1v) is 12.0. The third-order valence-electron chi connectivity index (χ3n) is 5.74. The number of aromatic hydroxyl groups is 1. The number of benzene rings is 2. The number of carboxylic acids is 2. The van der Waals surface area contributed by atoms with Crippen LogP contribution in [0.5, 0.6) is 5.75 Å². The van der Waals surface area contributed by atoms with E-state index in [1.165, 1.54) is 31.2 Å². The van der Waals surface area contributed by atoms with Gasteiger partial charge in [-0.2, -0.15) is 0 Å². The first-order valence-electron chi connectivity index (χ1n) is 12.0. The molecule has 0 aliphatic rings. The number of carboxylic acid groups (broad SMARTS) is 2. The fraction of sp³-hybridized carbons (Fsp3) is 0.346. The van der Waals surface area contributed by atoms with Crippen LogP contribution in [0.3, 0.4) is 0 Å². The van der Waals surface area contributed by atoms with Crippen LogP contribution >= 0.6 is 0 Å². The molecule has 0 aliphatic heterocycles. The Bertz CT molecular complexity index is 1160. The maximum Gasteiger partial charge on any atom is 0.326 e. The van der Waals surface area contributed by atoms with Gasteiger partial charge in [-0.1, -0.05) is 42.5 Å². The molecule has 210 valence electrons.